The standard InChI is InChI=1S/C27H39N3O4S/c1-7-23-11-9-10-12-25(23)30(35(6,33)34)19-26(31)29(18-22-15-13-21(5)14-16-22)24(8-2)27(32)28-17-20(3)4/h9-16,20,24H,7-8,17-19H2,1-6H3,(H,28,32). The molecule has 0 aromatic heterocycles. The largest absolute Gasteiger partial charge is 0.354 e. The summed E-state index contributed by atoms with van der Waals surface area (Å²) in [5.41, 5.74) is 3.28. The predicted octanol–water partition coefficient (Wildman–Crippen LogP) is 3.90. The van der Waals surface area contributed by atoms with Crippen LogP contribution < -0.4 is 9.62 Å². The quantitative estimate of drug-likeness (QED) is 0.478. The van der Waals surface area contributed by atoms with Crippen LogP contribution in [0.25, 0.3) is 0 Å². The van der Waals surface area contributed by atoms with Gasteiger partial charge in [-0.1, -0.05) is 75.7 Å². The van der Waals surface area contributed by atoms with Crippen molar-refractivity contribution < 1.29 is 18.0 Å². The Morgan fingerprint density at radius 3 is 2.17 bits per heavy atom. The minimum absolute atomic E-state index is 0.208. The van der Waals surface area contributed by atoms with Crippen LogP contribution in [-0.4, -0.2) is 50.5 Å². The van der Waals surface area contributed by atoms with E-state index >= 15 is 0 Å². The van der Waals surface area contributed by atoms with E-state index in [1.807, 2.05) is 71.0 Å². The fourth-order valence-corrected chi connectivity index (χ4v) is 4.76. The zero-order valence-electron chi connectivity index (χ0n) is 21.7. The Morgan fingerprint density at radius 2 is 1.63 bits per heavy atom. The topological polar surface area (TPSA) is 86.8 Å². The molecule has 8 heteroatoms. The molecule has 0 saturated heterocycles. The fourth-order valence-electron chi connectivity index (χ4n) is 3.88. The van der Waals surface area contributed by atoms with Crippen molar-refractivity contribution in [1.82, 2.24) is 10.2 Å². The van der Waals surface area contributed by atoms with Gasteiger partial charge in [-0.15, -0.1) is 0 Å². The Morgan fingerprint density at radius 1 is 1.00 bits per heavy atom. The summed E-state index contributed by atoms with van der Waals surface area (Å²) < 4.78 is 26.7. The van der Waals surface area contributed by atoms with E-state index in [2.05, 4.69) is 5.32 Å². The van der Waals surface area contributed by atoms with Crippen molar-refractivity contribution in [3.8, 4) is 0 Å². The van der Waals surface area contributed by atoms with Crippen molar-refractivity contribution in [1.29, 1.82) is 0 Å². The summed E-state index contributed by atoms with van der Waals surface area (Å²) in [4.78, 5) is 28.3. The Balaban J connectivity index is 2.44. The number of nitrogens with one attached hydrogen (secondary N) is 1. The summed E-state index contributed by atoms with van der Waals surface area (Å²) >= 11 is 0. The first-order chi connectivity index (χ1) is 16.5. The highest BCUT2D eigenvalue weighted by Gasteiger charge is 2.32. The van der Waals surface area contributed by atoms with E-state index in [1.54, 1.807) is 12.1 Å². The molecule has 1 unspecified atom stereocenters. The van der Waals surface area contributed by atoms with E-state index in [0.717, 1.165) is 27.3 Å². The van der Waals surface area contributed by atoms with E-state index in [0.29, 0.717) is 25.1 Å². The molecule has 0 aliphatic heterocycles. The fraction of sp³-hybridized carbons (Fsp3) is 0.481. The third-order valence-electron chi connectivity index (χ3n) is 5.86. The van der Waals surface area contributed by atoms with Crippen molar-refractivity contribution in [3.63, 3.8) is 0 Å². The summed E-state index contributed by atoms with van der Waals surface area (Å²) in [7, 11) is -3.75. The number of sulfonamides is 1. The maximum absolute atomic E-state index is 13.7. The molecule has 2 amide bonds. The van der Waals surface area contributed by atoms with E-state index in [9.17, 15) is 18.0 Å². The van der Waals surface area contributed by atoms with Gasteiger partial charge >= 0.3 is 0 Å². The first-order valence-electron chi connectivity index (χ1n) is 12.2. The number of benzene rings is 2. The first-order valence-corrected chi connectivity index (χ1v) is 14.0. The van der Waals surface area contributed by atoms with Crippen LogP contribution in [0.2, 0.25) is 0 Å². The van der Waals surface area contributed by atoms with Crippen LogP contribution in [0.3, 0.4) is 0 Å². The average Bonchev–Trinajstić information content (AvgIpc) is 2.81. The molecule has 2 aromatic carbocycles. The number of nitrogens with zero attached hydrogens (tertiary/aromatic N) is 2. The van der Waals surface area contributed by atoms with Gasteiger partial charge in [0.15, 0.2) is 0 Å². The smallest absolute Gasteiger partial charge is 0.244 e. The van der Waals surface area contributed by atoms with Crippen LogP contribution in [0.1, 0.15) is 50.8 Å². The number of hydrogen-bond donors (Lipinski definition) is 1. The van der Waals surface area contributed by atoms with Gasteiger partial charge in [-0.05, 0) is 42.9 Å². The maximum atomic E-state index is 13.7. The highest BCUT2D eigenvalue weighted by Crippen LogP contribution is 2.24. The summed E-state index contributed by atoms with van der Waals surface area (Å²) in [6, 6.07) is 14.2. The lowest BCUT2D eigenvalue weighted by atomic mass is 10.1. The zero-order chi connectivity index (χ0) is 26.2. The number of amides is 2. The summed E-state index contributed by atoms with van der Waals surface area (Å²) in [5, 5.41) is 2.93. The zero-order valence-corrected chi connectivity index (χ0v) is 22.6. The molecule has 2 aromatic rings. The van der Waals surface area contributed by atoms with Crippen LogP contribution >= 0.6 is 0 Å². The normalized spacial score (nSPS) is 12.3. The van der Waals surface area contributed by atoms with Gasteiger partial charge in [0.1, 0.15) is 12.6 Å². The van der Waals surface area contributed by atoms with Crippen LogP contribution in [-0.2, 0) is 32.6 Å². The molecular formula is C27H39N3O4S. The van der Waals surface area contributed by atoms with Crippen molar-refractivity contribution >= 4 is 27.5 Å². The van der Waals surface area contributed by atoms with Crippen molar-refractivity contribution in [2.45, 2.75) is 60.0 Å². The molecule has 1 atom stereocenters. The number of para-hydroxylation sites is 1. The Bertz CT molecular complexity index is 1100. The Hall–Kier alpha value is -2.87. The van der Waals surface area contributed by atoms with E-state index in [-0.39, 0.29) is 24.9 Å². The van der Waals surface area contributed by atoms with Crippen molar-refractivity contribution in [2.24, 2.45) is 5.92 Å². The van der Waals surface area contributed by atoms with Gasteiger partial charge in [-0.3, -0.25) is 13.9 Å². The molecular weight excluding hydrogens is 462 g/mol. The molecule has 35 heavy (non-hydrogen) atoms. The lowest BCUT2D eigenvalue weighted by Gasteiger charge is -2.33. The van der Waals surface area contributed by atoms with Gasteiger partial charge in [0.2, 0.25) is 21.8 Å². The number of carbonyl (C=O) groups excluding carboxylic acids is 2. The summed E-state index contributed by atoms with van der Waals surface area (Å²) in [6.07, 6.45) is 2.13. The third-order valence-corrected chi connectivity index (χ3v) is 6.99. The molecule has 192 valence electrons. The van der Waals surface area contributed by atoms with Gasteiger partial charge in [-0.2, -0.15) is 0 Å². The predicted molar refractivity (Wildman–Crippen MR) is 142 cm³/mol. The minimum atomic E-state index is -3.75. The first kappa shape index (κ1) is 28.4. The Labute approximate surface area is 210 Å². The second-order valence-corrected chi connectivity index (χ2v) is 11.2. The molecule has 1 N–H and O–H groups in total. The maximum Gasteiger partial charge on any atom is 0.244 e. The average molecular weight is 502 g/mol. The molecule has 0 saturated carbocycles. The van der Waals surface area contributed by atoms with Gasteiger partial charge in [0.25, 0.3) is 0 Å². The van der Waals surface area contributed by atoms with Gasteiger partial charge < -0.3 is 10.2 Å². The highest BCUT2D eigenvalue weighted by atomic mass is 32.2. The number of carbonyl (C=O) groups is 2. The highest BCUT2D eigenvalue weighted by molar-refractivity contribution is 7.92. The number of hydrogen-bond acceptors (Lipinski definition) is 4. The van der Waals surface area contributed by atoms with E-state index in [1.165, 1.54) is 4.90 Å². The molecule has 7 nitrogen and oxygen atoms in total. The molecule has 0 heterocycles. The lowest BCUT2D eigenvalue weighted by molar-refractivity contribution is -0.140. The van der Waals surface area contributed by atoms with Crippen LogP contribution in [0.4, 0.5) is 5.69 Å². The summed E-state index contributed by atoms with van der Waals surface area (Å²) in [6.45, 7) is 10.1. The monoisotopic (exact) mass is 501 g/mol. The van der Waals surface area contributed by atoms with E-state index in [4.69, 9.17) is 0 Å². The number of aryl methyl sites for hydroxylation is 2. The van der Waals surface area contributed by atoms with Crippen LogP contribution in [0.5, 0.6) is 0 Å². The minimum Gasteiger partial charge on any atom is -0.354 e. The van der Waals surface area contributed by atoms with Crippen molar-refractivity contribution in [3.05, 3.63) is 65.2 Å². The summed E-state index contributed by atoms with van der Waals surface area (Å²) in [5.74, 6) is -0.390. The molecule has 0 fully saturated rings. The second kappa shape index (κ2) is 12.7. The van der Waals surface area contributed by atoms with Crippen LogP contribution in [0, 0.1) is 12.8 Å². The molecule has 0 bridgehead atoms. The number of rotatable bonds is 12. The molecule has 0 radical (unpaired) electrons. The second-order valence-electron chi connectivity index (χ2n) is 9.32. The molecule has 2 rings (SSSR count). The van der Waals surface area contributed by atoms with Gasteiger partial charge in [-0.25, -0.2) is 8.42 Å². The molecule has 0 aliphatic carbocycles. The third kappa shape index (κ3) is 8.09. The van der Waals surface area contributed by atoms with E-state index < -0.39 is 22.0 Å². The number of anilines is 1. The SMILES string of the molecule is CCc1ccccc1N(CC(=O)N(Cc1ccc(C)cc1)C(CC)C(=O)NCC(C)C)S(C)(=O)=O. The van der Waals surface area contributed by atoms with Crippen LogP contribution in [0.15, 0.2) is 48.5 Å². The molecule has 0 spiro atoms. The Kier molecular flexibility index (Phi) is 10.3. The van der Waals surface area contributed by atoms with Gasteiger partial charge in [0.05, 0.1) is 11.9 Å². The van der Waals surface area contributed by atoms with Crippen molar-refractivity contribution in [2.75, 3.05) is 23.7 Å². The van der Waals surface area contributed by atoms with Gasteiger partial charge in [0, 0.05) is 13.1 Å². The molecule has 0 aliphatic rings. The lowest BCUT2D eigenvalue weighted by Crippen LogP contribution is -2.52.